The van der Waals surface area contributed by atoms with Gasteiger partial charge in [-0.2, -0.15) is 13.5 Å². The maximum Gasteiger partial charge on any atom is 0.326 e. The van der Waals surface area contributed by atoms with Gasteiger partial charge in [-0.25, -0.2) is 13.4 Å². The fraction of sp³-hybridized carbons (Fsp3) is 0.267. The molecule has 0 fully saturated rings. The average molecular weight is 381 g/mol. The molecule has 1 aromatic heterocycles. The van der Waals surface area contributed by atoms with E-state index in [4.69, 9.17) is 0 Å². The van der Waals surface area contributed by atoms with Gasteiger partial charge in [0, 0.05) is 32.8 Å². The summed E-state index contributed by atoms with van der Waals surface area (Å²) in [4.78, 5) is 23.4. The van der Waals surface area contributed by atoms with Crippen molar-refractivity contribution >= 4 is 27.5 Å². The summed E-state index contributed by atoms with van der Waals surface area (Å²) in [5, 5.41) is 6.35. The van der Waals surface area contributed by atoms with Gasteiger partial charge in [-0.1, -0.05) is 0 Å². The minimum atomic E-state index is -3.83. The van der Waals surface area contributed by atoms with Crippen LogP contribution in [0.2, 0.25) is 0 Å². The van der Waals surface area contributed by atoms with Crippen LogP contribution in [0.5, 0.6) is 0 Å². The number of nitrogens with one attached hydrogen (secondary N) is 1. The number of hydrogen-bond donors (Lipinski definition) is 1. The van der Waals surface area contributed by atoms with Crippen molar-refractivity contribution in [3.8, 4) is 0 Å². The highest BCUT2D eigenvalue weighted by atomic mass is 32.2. The van der Waals surface area contributed by atoms with Gasteiger partial charge < -0.3 is 5.32 Å². The van der Waals surface area contributed by atoms with E-state index in [1.165, 1.54) is 38.4 Å². The second kappa shape index (κ2) is 6.41. The van der Waals surface area contributed by atoms with E-state index in [0.29, 0.717) is 5.69 Å². The molecule has 0 spiro atoms. The molecule has 0 atom stereocenters. The van der Waals surface area contributed by atoms with Gasteiger partial charge in [0.15, 0.2) is 0 Å². The maximum atomic E-state index is 13.5. The Labute approximate surface area is 148 Å². The van der Waals surface area contributed by atoms with Gasteiger partial charge in [-0.3, -0.25) is 13.9 Å². The quantitative estimate of drug-likeness (QED) is 0.793. The van der Waals surface area contributed by atoms with Gasteiger partial charge in [-0.15, -0.1) is 0 Å². The van der Waals surface area contributed by atoms with Crippen LogP contribution in [-0.4, -0.2) is 44.2 Å². The Morgan fingerprint density at radius 2 is 1.92 bits per heavy atom. The molecule has 26 heavy (non-hydrogen) atoms. The molecule has 0 unspecified atom stereocenters. The molecular weight excluding hydrogens is 365 g/mol. The first-order chi connectivity index (χ1) is 12.2. The molecule has 1 aliphatic heterocycles. The summed E-state index contributed by atoms with van der Waals surface area (Å²) in [5.41, 5.74) is 0.241. The first-order valence-electron chi connectivity index (χ1n) is 7.60. The summed E-state index contributed by atoms with van der Waals surface area (Å²) in [6.07, 6.45) is 0. The summed E-state index contributed by atoms with van der Waals surface area (Å²) >= 11 is 0. The molecular formula is C15H16FN5O4S. The van der Waals surface area contributed by atoms with Crippen molar-refractivity contribution in [3.05, 3.63) is 52.2 Å². The third kappa shape index (κ3) is 3.01. The highest BCUT2D eigenvalue weighted by Crippen LogP contribution is 2.39. The van der Waals surface area contributed by atoms with E-state index in [1.807, 2.05) is 0 Å². The lowest BCUT2D eigenvalue weighted by Gasteiger charge is -2.19. The lowest BCUT2D eigenvalue weighted by Crippen LogP contribution is -2.41. The Kier molecular flexibility index (Phi) is 4.40. The van der Waals surface area contributed by atoms with E-state index >= 15 is 0 Å². The SMILES string of the molecule is CN1c2ccc(F)cc2N(CCNC(=O)c2ccc(=O)n(C)n2)S1(=O)=O. The van der Waals surface area contributed by atoms with Crippen LogP contribution in [0, 0.1) is 5.82 Å². The summed E-state index contributed by atoms with van der Waals surface area (Å²) < 4.78 is 41.5. The Hall–Kier alpha value is -2.95. The molecule has 3 rings (SSSR count). The molecule has 0 aliphatic carbocycles. The van der Waals surface area contributed by atoms with Crippen LogP contribution >= 0.6 is 0 Å². The van der Waals surface area contributed by atoms with Crippen molar-refractivity contribution in [2.45, 2.75) is 0 Å². The molecule has 11 heteroatoms. The van der Waals surface area contributed by atoms with Crippen molar-refractivity contribution in [2.24, 2.45) is 7.05 Å². The zero-order valence-electron chi connectivity index (χ0n) is 14.0. The van der Waals surface area contributed by atoms with Gasteiger partial charge in [0.2, 0.25) is 0 Å². The Morgan fingerprint density at radius 3 is 2.62 bits per heavy atom. The van der Waals surface area contributed by atoms with Crippen molar-refractivity contribution in [1.82, 2.24) is 15.1 Å². The monoisotopic (exact) mass is 381 g/mol. The maximum absolute atomic E-state index is 13.5. The highest BCUT2D eigenvalue weighted by molar-refractivity contribution is 7.94. The lowest BCUT2D eigenvalue weighted by atomic mass is 10.2. The van der Waals surface area contributed by atoms with Crippen molar-refractivity contribution < 1.29 is 17.6 Å². The average Bonchev–Trinajstić information content (AvgIpc) is 2.77. The van der Waals surface area contributed by atoms with E-state index in [-0.39, 0.29) is 30.0 Å². The van der Waals surface area contributed by atoms with Crippen molar-refractivity contribution in [2.75, 3.05) is 28.7 Å². The number of halogens is 1. The zero-order chi connectivity index (χ0) is 19.1. The van der Waals surface area contributed by atoms with Gasteiger partial charge in [0.05, 0.1) is 17.9 Å². The second-order valence-corrected chi connectivity index (χ2v) is 7.50. The largest absolute Gasteiger partial charge is 0.349 e. The molecule has 2 heterocycles. The smallest absolute Gasteiger partial charge is 0.326 e. The van der Waals surface area contributed by atoms with Gasteiger partial charge in [0.1, 0.15) is 11.5 Å². The van der Waals surface area contributed by atoms with Crippen LogP contribution in [0.15, 0.2) is 35.1 Å². The molecule has 2 aromatic rings. The van der Waals surface area contributed by atoms with Crippen LogP contribution < -0.4 is 19.5 Å². The predicted octanol–water partition coefficient (Wildman–Crippen LogP) is -0.150. The molecule has 0 saturated heterocycles. The second-order valence-electron chi connectivity index (χ2n) is 5.62. The summed E-state index contributed by atoms with van der Waals surface area (Å²) in [7, 11) is -1.04. The Morgan fingerprint density at radius 1 is 1.19 bits per heavy atom. The van der Waals surface area contributed by atoms with Crippen molar-refractivity contribution in [3.63, 3.8) is 0 Å². The third-order valence-corrected chi connectivity index (χ3v) is 5.79. The van der Waals surface area contributed by atoms with E-state index in [2.05, 4.69) is 10.4 Å². The molecule has 0 saturated carbocycles. The Bertz CT molecular complexity index is 1040. The normalized spacial score (nSPS) is 15.0. The predicted molar refractivity (Wildman–Crippen MR) is 92.9 cm³/mol. The summed E-state index contributed by atoms with van der Waals surface area (Å²) in [6, 6.07) is 6.19. The molecule has 0 bridgehead atoms. The number of amides is 1. The molecule has 1 N–H and O–H groups in total. The number of nitrogens with zero attached hydrogens (tertiary/aromatic N) is 4. The van der Waals surface area contributed by atoms with Crippen LogP contribution in [0.3, 0.4) is 0 Å². The fourth-order valence-corrected chi connectivity index (χ4v) is 4.00. The van der Waals surface area contributed by atoms with E-state index < -0.39 is 21.9 Å². The van der Waals surface area contributed by atoms with E-state index in [1.54, 1.807) is 0 Å². The number of hydrogen-bond acceptors (Lipinski definition) is 5. The molecule has 1 aliphatic rings. The standard InChI is InChI=1S/C15H16FN5O4S/c1-19-14(22)6-4-11(18-19)15(23)17-7-8-21-13-9-10(16)3-5-12(13)20(2)26(21,24)25/h3-6,9H,7-8H2,1-2H3,(H,17,23). The number of fused-ring (bicyclic) bond motifs is 1. The first-order valence-corrected chi connectivity index (χ1v) is 9.00. The number of anilines is 2. The molecule has 138 valence electrons. The third-order valence-electron chi connectivity index (χ3n) is 3.96. The van der Waals surface area contributed by atoms with E-state index in [9.17, 15) is 22.4 Å². The number of aryl methyl sites for hydroxylation is 1. The summed E-state index contributed by atoms with van der Waals surface area (Å²) in [5.74, 6) is -1.11. The number of aromatic nitrogens is 2. The number of carbonyl (C=O) groups excluding carboxylic acids is 1. The van der Waals surface area contributed by atoms with Crippen LogP contribution in [-0.2, 0) is 17.3 Å². The van der Waals surface area contributed by atoms with Crippen LogP contribution in [0.1, 0.15) is 10.5 Å². The minimum Gasteiger partial charge on any atom is -0.349 e. The number of rotatable bonds is 4. The van der Waals surface area contributed by atoms with E-state index in [0.717, 1.165) is 19.4 Å². The molecule has 1 aromatic carbocycles. The topological polar surface area (TPSA) is 105 Å². The Balaban J connectivity index is 1.73. The van der Waals surface area contributed by atoms with Gasteiger partial charge in [0.25, 0.3) is 11.5 Å². The van der Waals surface area contributed by atoms with Gasteiger partial charge >= 0.3 is 10.2 Å². The van der Waals surface area contributed by atoms with Gasteiger partial charge in [-0.05, 0) is 18.2 Å². The number of carbonyl (C=O) groups is 1. The molecule has 0 radical (unpaired) electrons. The minimum absolute atomic E-state index is 0.0215. The highest BCUT2D eigenvalue weighted by Gasteiger charge is 2.37. The summed E-state index contributed by atoms with van der Waals surface area (Å²) in [6.45, 7) is -0.104. The zero-order valence-corrected chi connectivity index (χ0v) is 14.8. The van der Waals surface area contributed by atoms with Crippen molar-refractivity contribution in [1.29, 1.82) is 0 Å². The fourth-order valence-electron chi connectivity index (χ4n) is 2.58. The molecule has 9 nitrogen and oxygen atoms in total. The lowest BCUT2D eigenvalue weighted by molar-refractivity contribution is 0.0947. The first kappa shape index (κ1) is 17.9. The molecule has 1 amide bonds. The number of benzene rings is 1. The van der Waals surface area contributed by atoms with Crippen LogP contribution in [0.4, 0.5) is 15.8 Å². The van der Waals surface area contributed by atoms with Crippen LogP contribution in [0.25, 0.3) is 0 Å².